The highest BCUT2D eigenvalue weighted by atomic mass is 16.5. The van der Waals surface area contributed by atoms with Crippen molar-refractivity contribution in [1.29, 1.82) is 0 Å². The normalized spacial score (nSPS) is 14.3. The first-order valence-electron chi connectivity index (χ1n) is 25.9. The molecule has 0 fully saturated rings. The van der Waals surface area contributed by atoms with Crippen LogP contribution in [0.25, 0.3) is 0 Å². The number of hydrogen-bond donors (Lipinski definition) is 3. The zero-order valence-electron chi connectivity index (χ0n) is 41.1. The molecule has 1 amide bonds. The molecular formula is C58H95NO5. The molecule has 0 bridgehead atoms. The molecule has 3 N–H and O–H groups in total. The van der Waals surface area contributed by atoms with Crippen molar-refractivity contribution in [2.75, 3.05) is 6.61 Å². The number of aliphatic hydroxyl groups excluding tert-OH is 2. The Labute approximate surface area is 393 Å². The SMILES string of the molecule is CC/C=C/C=C/C=C\C=C/C=C/CCCCCC(=O)OC(CCC/C=C/C=C\C=C/C=C/C=C/CC)CC(=O)NC(CO)C(O)CCCCCCCCCCCCCCCCCCC. The molecule has 0 saturated carbocycles. The van der Waals surface area contributed by atoms with Gasteiger partial charge in [0.1, 0.15) is 6.10 Å². The van der Waals surface area contributed by atoms with Crippen LogP contribution < -0.4 is 5.32 Å². The van der Waals surface area contributed by atoms with Crippen molar-refractivity contribution in [2.24, 2.45) is 0 Å². The highest BCUT2D eigenvalue weighted by Gasteiger charge is 2.24. The Morgan fingerprint density at radius 2 is 0.859 bits per heavy atom. The molecule has 0 rings (SSSR count). The highest BCUT2D eigenvalue weighted by Crippen LogP contribution is 2.17. The lowest BCUT2D eigenvalue weighted by atomic mass is 10.0. The second kappa shape index (κ2) is 50.3. The Balaban J connectivity index is 4.71. The highest BCUT2D eigenvalue weighted by molar-refractivity contribution is 5.77. The zero-order valence-corrected chi connectivity index (χ0v) is 41.1. The van der Waals surface area contributed by atoms with Gasteiger partial charge in [0, 0.05) is 6.42 Å². The van der Waals surface area contributed by atoms with Gasteiger partial charge in [-0.3, -0.25) is 9.59 Å². The summed E-state index contributed by atoms with van der Waals surface area (Å²) in [4.78, 5) is 26.1. The first kappa shape index (κ1) is 60.3. The van der Waals surface area contributed by atoms with Gasteiger partial charge < -0.3 is 20.3 Å². The van der Waals surface area contributed by atoms with Crippen LogP contribution in [0.4, 0.5) is 0 Å². The monoisotopic (exact) mass is 886 g/mol. The van der Waals surface area contributed by atoms with Crippen molar-refractivity contribution in [3.63, 3.8) is 0 Å². The Bertz CT molecular complexity index is 1360. The van der Waals surface area contributed by atoms with E-state index < -0.39 is 18.2 Å². The number of rotatable bonds is 44. The third-order valence-corrected chi connectivity index (χ3v) is 11.0. The van der Waals surface area contributed by atoms with Crippen LogP contribution in [0.3, 0.4) is 0 Å². The molecule has 0 aromatic carbocycles. The van der Waals surface area contributed by atoms with Crippen LogP contribution in [-0.2, 0) is 14.3 Å². The first-order chi connectivity index (χ1) is 31.5. The number of allylic oxidation sites excluding steroid dienone is 20. The minimum Gasteiger partial charge on any atom is -0.462 e. The summed E-state index contributed by atoms with van der Waals surface area (Å²) >= 11 is 0. The topological polar surface area (TPSA) is 95.9 Å². The quantitative estimate of drug-likeness (QED) is 0.0322. The molecule has 0 aliphatic heterocycles. The van der Waals surface area contributed by atoms with Crippen molar-refractivity contribution in [3.8, 4) is 0 Å². The molecule has 362 valence electrons. The molecule has 0 spiro atoms. The van der Waals surface area contributed by atoms with E-state index in [0.29, 0.717) is 19.3 Å². The predicted octanol–water partition coefficient (Wildman–Crippen LogP) is 15.7. The average molecular weight is 886 g/mol. The van der Waals surface area contributed by atoms with Gasteiger partial charge in [-0.25, -0.2) is 0 Å². The van der Waals surface area contributed by atoms with Gasteiger partial charge in [-0.05, 0) is 57.8 Å². The van der Waals surface area contributed by atoms with Gasteiger partial charge in [-0.15, -0.1) is 0 Å². The van der Waals surface area contributed by atoms with E-state index in [1.807, 2.05) is 97.2 Å². The number of unbranched alkanes of at least 4 members (excludes halogenated alkanes) is 20. The summed E-state index contributed by atoms with van der Waals surface area (Å²) in [6.07, 6.45) is 69.8. The second-order valence-electron chi connectivity index (χ2n) is 17.1. The summed E-state index contributed by atoms with van der Waals surface area (Å²) in [5.74, 6) is -0.607. The maximum absolute atomic E-state index is 13.2. The van der Waals surface area contributed by atoms with E-state index in [9.17, 15) is 19.8 Å². The molecule has 6 heteroatoms. The molecule has 3 unspecified atom stereocenters. The van der Waals surface area contributed by atoms with E-state index in [4.69, 9.17) is 4.74 Å². The molecule has 0 saturated heterocycles. The summed E-state index contributed by atoms with van der Waals surface area (Å²) in [5, 5.41) is 23.8. The maximum atomic E-state index is 13.2. The minimum atomic E-state index is -0.823. The number of aliphatic hydroxyl groups is 2. The molecule has 0 aromatic heterocycles. The summed E-state index contributed by atoms with van der Waals surface area (Å²) in [7, 11) is 0. The Morgan fingerprint density at radius 1 is 0.469 bits per heavy atom. The van der Waals surface area contributed by atoms with Gasteiger partial charge in [0.2, 0.25) is 5.91 Å². The van der Waals surface area contributed by atoms with Crippen LogP contribution in [0.5, 0.6) is 0 Å². The number of nitrogens with one attached hydrogen (secondary N) is 1. The van der Waals surface area contributed by atoms with Crippen molar-refractivity contribution in [1.82, 2.24) is 5.32 Å². The van der Waals surface area contributed by atoms with E-state index in [-0.39, 0.29) is 24.9 Å². The molecule has 0 aliphatic carbocycles. The van der Waals surface area contributed by atoms with E-state index in [2.05, 4.69) is 50.4 Å². The maximum Gasteiger partial charge on any atom is 0.306 e. The van der Waals surface area contributed by atoms with Crippen LogP contribution in [0.15, 0.2) is 122 Å². The number of amides is 1. The van der Waals surface area contributed by atoms with E-state index in [1.54, 1.807) is 0 Å². The largest absolute Gasteiger partial charge is 0.462 e. The zero-order chi connectivity index (χ0) is 46.7. The molecule has 0 aliphatic rings. The van der Waals surface area contributed by atoms with E-state index in [0.717, 1.165) is 70.6 Å². The van der Waals surface area contributed by atoms with Crippen LogP contribution in [0, 0.1) is 0 Å². The molecule has 0 aromatic rings. The number of hydrogen-bond acceptors (Lipinski definition) is 5. The molecule has 0 heterocycles. The van der Waals surface area contributed by atoms with Gasteiger partial charge in [-0.2, -0.15) is 0 Å². The van der Waals surface area contributed by atoms with Crippen LogP contribution >= 0.6 is 0 Å². The summed E-state index contributed by atoms with van der Waals surface area (Å²) in [6, 6.07) is -0.742. The lowest BCUT2D eigenvalue weighted by Gasteiger charge is -2.24. The predicted molar refractivity (Wildman–Crippen MR) is 277 cm³/mol. The molecular weight excluding hydrogens is 791 g/mol. The Morgan fingerprint density at radius 3 is 1.30 bits per heavy atom. The van der Waals surface area contributed by atoms with Gasteiger partial charge in [0.05, 0.1) is 25.2 Å². The fraction of sp³-hybridized carbons (Fsp3) is 0.621. The molecule has 64 heavy (non-hydrogen) atoms. The number of esters is 1. The second-order valence-corrected chi connectivity index (χ2v) is 17.1. The van der Waals surface area contributed by atoms with Crippen molar-refractivity contribution >= 4 is 11.9 Å². The summed E-state index contributed by atoms with van der Waals surface area (Å²) in [6.45, 7) is 6.16. The minimum absolute atomic E-state index is 0.00313. The standard InChI is InChI=1S/C58H95NO5/c1-4-7-10-13-16-19-22-25-27-28-30-32-35-38-41-44-47-50-56(61)55(53-60)59-57(62)52-54(49-46-43-40-37-34-31-24-21-18-15-12-9-6-3)64-58(63)51-48-45-42-39-36-33-29-26-23-20-17-14-11-8-5-2/h8-9,11-12,14-15,17-18,20-21,23-24,26,29,31,33-34,36-37,40,54-56,60-61H,4-7,10,13,16,19,22,25,27-28,30,32,35,38-39,41-53H2,1-3H3,(H,59,62)/b11-8+,12-9+,17-14+,18-15+,23-20-,24-21-,29-26-,34-31-,36-33+,40-37+. The lowest BCUT2D eigenvalue weighted by Crippen LogP contribution is -2.46. The Kier molecular flexibility index (Phi) is 47.3. The fourth-order valence-electron chi connectivity index (χ4n) is 7.18. The van der Waals surface area contributed by atoms with Crippen molar-refractivity contribution in [2.45, 2.75) is 225 Å². The lowest BCUT2D eigenvalue weighted by molar-refractivity contribution is -0.151. The number of carbonyl (C=O) groups is 2. The first-order valence-corrected chi connectivity index (χ1v) is 25.9. The van der Waals surface area contributed by atoms with Gasteiger partial charge in [0.25, 0.3) is 0 Å². The van der Waals surface area contributed by atoms with Crippen molar-refractivity contribution < 1.29 is 24.5 Å². The van der Waals surface area contributed by atoms with Gasteiger partial charge in [-0.1, -0.05) is 258 Å². The van der Waals surface area contributed by atoms with E-state index in [1.165, 1.54) is 89.9 Å². The number of ether oxygens (including phenoxy) is 1. The smallest absolute Gasteiger partial charge is 0.306 e. The van der Waals surface area contributed by atoms with Gasteiger partial charge >= 0.3 is 5.97 Å². The molecule has 6 nitrogen and oxygen atoms in total. The van der Waals surface area contributed by atoms with Crippen LogP contribution in [0.1, 0.15) is 207 Å². The Hall–Kier alpha value is -3.74. The average Bonchev–Trinajstić information content (AvgIpc) is 3.29. The third-order valence-electron chi connectivity index (χ3n) is 11.0. The molecule has 0 radical (unpaired) electrons. The summed E-state index contributed by atoms with van der Waals surface area (Å²) < 4.78 is 5.87. The fourth-order valence-corrected chi connectivity index (χ4v) is 7.18. The summed E-state index contributed by atoms with van der Waals surface area (Å²) in [5.41, 5.74) is 0. The third kappa shape index (κ3) is 44.9. The van der Waals surface area contributed by atoms with E-state index >= 15 is 0 Å². The van der Waals surface area contributed by atoms with Gasteiger partial charge in [0.15, 0.2) is 0 Å². The van der Waals surface area contributed by atoms with Crippen molar-refractivity contribution in [3.05, 3.63) is 122 Å². The van der Waals surface area contributed by atoms with Crippen LogP contribution in [-0.4, -0.2) is 46.9 Å². The number of carbonyl (C=O) groups excluding carboxylic acids is 2. The molecule has 3 atom stereocenters. The van der Waals surface area contributed by atoms with Crippen LogP contribution in [0.2, 0.25) is 0 Å².